The van der Waals surface area contributed by atoms with Crippen LogP contribution in [0.2, 0.25) is 0 Å². The number of hydrogen-bond acceptors (Lipinski definition) is 3. The summed E-state index contributed by atoms with van der Waals surface area (Å²) < 4.78 is 41.7. The van der Waals surface area contributed by atoms with Crippen LogP contribution in [0, 0.1) is 14.9 Å². The summed E-state index contributed by atoms with van der Waals surface area (Å²) in [6.07, 6.45) is -4.56. The van der Waals surface area contributed by atoms with E-state index < -0.39 is 17.7 Å². The van der Waals surface area contributed by atoms with Gasteiger partial charge in [0, 0.05) is 3.57 Å². The largest absolute Gasteiger partial charge is 0.465 e. The number of halogens is 4. The second-order valence-electron chi connectivity index (χ2n) is 2.95. The Morgan fingerprint density at radius 3 is 2.47 bits per heavy atom. The summed E-state index contributed by atoms with van der Waals surface area (Å²) in [7, 11) is 1.09. The van der Waals surface area contributed by atoms with Gasteiger partial charge in [-0.1, -0.05) is 0 Å². The third-order valence-electron chi connectivity index (χ3n) is 1.96. The number of hydrogen-bond donors (Lipinski definition) is 0. The van der Waals surface area contributed by atoms with Gasteiger partial charge in [-0.05, 0) is 34.7 Å². The first-order valence-electron chi connectivity index (χ1n) is 4.21. The predicted molar refractivity (Wildman–Crippen MR) is 60.2 cm³/mol. The highest BCUT2D eigenvalue weighted by atomic mass is 127. The summed E-state index contributed by atoms with van der Waals surface area (Å²) in [6.45, 7) is 0. The second-order valence-corrected chi connectivity index (χ2v) is 4.03. The quantitative estimate of drug-likeness (QED) is 0.575. The van der Waals surface area contributed by atoms with E-state index >= 15 is 0 Å². The normalized spacial score (nSPS) is 10.8. The predicted octanol–water partition coefficient (Wildman–Crippen LogP) is 2.97. The van der Waals surface area contributed by atoms with Gasteiger partial charge in [-0.3, -0.25) is 0 Å². The van der Waals surface area contributed by atoms with Crippen molar-refractivity contribution in [3.8, 4) is 6.07 Å². The first kappa shape index (κ1) is 13.8. The van der Waals surface area contributed by atoms with E-state index in [1.54, 1.807) is 6.07 Å². The molecule has 0 saturated heterocycles. The fourth-order valence-corrected chi connectivity index (χ4v) is 2.08. The van der Waals surface area contributed by atoms with Gasteiger partial charge in [-0.2, -0.15) is 18.4 Å². The van der Waals surface area contributed by atoms with E-state index in [0.29, 0.717) is 0 Å². The van der Waals surface area contributed by atoms with Crippen LogP contribution in [0.15, 0.2) is 12.1 Å². The highest BCUT2D eigenvalue weighted by molar-refractivity contribution is 14.1. The summed E-state index contributed by atoms with van der Waals surface area (Å²) >= 11 is 1.39. The molecule has 0 saturated carbocycles. The van der Waals surface area contributed by atoms with Crippen LogP contribution in [0.3, 0.4) is 0 Å². The van der Waals surface area contributed by atoms with Gasteiger partial charge in [0.1, 0.15) is 6.07 Å². The molecule has 0 amide bonds. The number of nitriles is 1. The molecule has 0 aliphatic carbocycles. The maximum atomic E-state index is 12.5. The summed E-state index contributed by atoms with van der Waals surface area (Å²) in [5.74, 6) is -0.840. The number of alkyl halides is 3. The zero-order valence-electron chi connectivity index (χ0n) is 8.43. The average molecular weight is 355 g/mol. The fraction of sp³-hybridized carbons (Fsp3) is 0.200. The molecule has 0 atom stereocenters. The molecular formula is C10H5F3INO2. The number of esters is 1. The molecule has 90 valence electrons. The molecule has 0 spiro atoms. The molecule has 17 heavy (non-hydrogen) atoms. The molecule has 0 fully saturated rings. The minimum absolute atomic E-state index is 0.174. The first-order chi connectivity index (χ1) is 7.82. The highest BCUT2D eigenvalue weighted by Crippen LogP contribution is 2.35. The Kier molecular flexibility index (Phi) is 3.98. The van der Waals surface area contributed by atoms with E-state index in [4.69, 9.17) is 5.26 Å². The number of carbonyl (C=O) groups is 1. The number of methoxy groups -OCH3 is 1. The summed E-state index contributed by atoms with van der Waals surface area (Å²) in [5, 5.41) is 8.80. The molecule has 0 unspecified atom stereocenters. The minimum atomic E-state index is -4.56. The minimum Gasteiger partial charge on any atom is -0.465 e. The Morgan fingerprint density at radius 1 is 1.47 bits per heavy atom. The summed E-state index contributed by atoms with van der Waals surface area (Å²) in [6, 6.07) is 3.28. The summed E-state index contributed by atoms with van der Waals surface area (Å²) in [5.41, 5.74) is -1.44. The molecule has 1 rings (SSSR count). The van der Waals surface area contributed by atoms with Crippen molar-refractivity contribution in [3.05, 3.63) is 32.4 Å². The molecule has 0 bridgehead atoms. The van der Waals surface area contributed by atoms with Crippen molar-refractivity contribution < 1.29 is 22.7 Å². The Hall–Kier alpha value is -1.30. The molecule has 0 N–H and O–H groups in total. The van der Waals surface area contributed by atoms with Gasteiger partial charge in [0.15, 0.2) is 0 Å². The van der Waals surface area contributed by atoms with E-state index in [-0.39, 0.29) is 14.7 Å². The lowest BCUT2D eigenvalue weighted by Crippen LogP contribution is -2.12. The molecule has 0 heterocycles. The molecule has 0 radical (unpaired) electrons. The van der Waals surface area contributed by atoms with E-state index in [1.807, 2.05) is 0 Å². The standard InChI is InChI=1S/C10H5F3INO2/c1-17-9(16)5-2-3-7(10(11,12)13)8(14)6(5)4-15/h2-3H,1H3. The van der Waals surface area contributed by atoms with Crippen LogP contribution in [0.4, 0.5) is 13.2 Å². The Bertz CT molecular complexity index is 505. The van der Waals surface area contributed by atoms with Crippen LogP contribution in [0.25, 0.3) is 0 Å². The molecule has 0 aliphatic rings. The van der Waals surface area contributed by atoms with Crippen molar-refractivity contribution >= 4 is 28.6 Å². The van der Waals surface area contributed by atoms with Gasteiger partial charge in [0.25, 0.3) is 0 Å². The van der Waals surface area contributed by atoms with Crippen LogP contribution >= 0.6 is 22.6 Å². The van der Waals surface area contributed by atoms with Crippen LogP contribution in [0.5, 0.6) is 0 Å². The lowest BCUT2D eigenvalue weighted by molar-refractivity contribution is -0.138. The molecule has 1 aromatic rings. The molecule has 7 heteroatoms. The first-order valence-corrected chi connectivity index (χ1v) is 5.29. The second kappa shape index (κ2) is 4.91. The molecule has 3 nitrogen and oxygen atoms in total. The fourth-order valence-electron chi connectivity index (χ4n) is 1.18. The zero-order chi connectivity index (χ0) is 13.2. The van der Waals surface area contributed by atoms with E-state index in [2.05, 4.69) is 4.74 Å². The molecular weight excluding hydrogens is 350 g/mol. The summed E-state index contributed by atoms with van der Waals surface area (Å²) in [4.78, 5) is 11.2. The number of carbonyl (C=O) groups excluding carboxylic acids is 1. The molecule has 0 aromatic heterocycles. The van der Waals surface area contributed by atoms with Crippen LogP contribution in [-0.4, -0.2) is 13.1 Å². The van der Waals surface area contributed by atoms with Gasteiger partial charge in [0.2, 0.25) is 0 Å². The van der Waals surface area contributed by atoms with Crippen molar-refractivity contribution in [2.24, 2.45) is 0 Å². The van der Waals surface area contributed by atoms with E-state index in [0.717, 1.165) is 19.2 Å². The van der Waals surface area contributed by atoms with Crippen molar-refractivity contribution in [1.29, 1.82) is 5.26 Å². The number of rotatable bonds is 1. The van der Waals surface area contributed by atoms with Crippen molar-refractivity contribution in [2.75, 3.05) is 7.11 Å². The third-order valence-corrected chi connectivity index (χ3v) is 3.08. The van der Waals surface area contributed by atoms with Gasteiger partial charge in [-0.15, -0.1) is 0 Å². The van der Waals surface area contributed by atoms with Crippen molar-refractivity contribution in [3.63, 3.8) is 0 Å². The smallest absolute Gasteiger partial charge is 0.417 e. The molecule has 0 aliphatic heterocycles. The van der Waals surface area contributed by atoms with Crippen LogP contribution < -0.4 is 0 Å². The van der Waals surface area contributed by atoms with Crippen molar-refractivity contribution in [1.82, 2.24) is 0 Å². The van der Waals surface area contributed by atoms with Gasteiger partial charge in [-0.25, -0.2) is 4.79 Å². The maximum Gasteiger partial charge on any atom is 0.417 e. The van der Waals surface area contributed by atoms with E-state index in [1.165, 1.54) is 22.6 Å². The van der Waals surface area contributed by atoms with Crippen molar-refractivity contribution in [2.45, 2.75) is 6.18 Å². The van der Waals surface area contributed by atoms with E-state index in [9.17, 15) is 18.0 Å². The van der Waals surface area contributed by atoms with Crippen LogP contribution in [0.1, 0.15) is 21.5 Å². The molecule has 1 aromatic carbocycles. The average Bonchev–Trinajstić information content (AvgIpc) is 2.25. The van der Waals surface area contributed by atoms with Crippen LogP contribution in [-0.2, 0) is 10.9 Å². The Labute approximate surface area is 108 Å². The number of nitrogens with zero attached hydrogens (tertiary/aromatic N) is 1. The Balaban J connectivity index is 3.50. The zero-order valence-corrected chi connectivity index (χ0v) is 10.6. The Morgan fingerprint density at radius 2 is 2.06 bits per heavy atom. The topological polar surface area (TPSA) is 50.1 Å². The van der Waals surface area contributed by atoms with Gasteiger partial charge >= 0.3 is 12.1 Å². The lowest BCUT2D eigenvalue weighted by Gasteiger charge is -2.11. The highest BCUT2D eigenvalue weighted by Gasteiger charge is 2.35. The number of benzene rings is 1. The monoisotopic (exact) mass is 355 g/mol. The van der Waals surface area contributed by atoms with Gasteiger partial charge < -0.3 is 4.74 Å². The lowest BCUT2D eigenvalue weighted by atomic mass is 10.0. The van der Waals surface area contributed by atoms with Gasteiger partial charge in [0.05, 0.1) is 23.8 Å². The maximum absolute atomic E-state index is 12.5. The number of ether oxygens (including phenoxy) is 1. The third kappa shape index (κ3) is 2.69. The SMILES string of the molecule is COC(=O)c1ccc(C(F)(F)F)c(I)c1C#N.